The van der Waals surface area contributed by atoms with Crippen molar-refractivity contribution in [3.63, 3.8) is 0 Å². The SMILES string of the molecule is CCOC(CCCCC(OCC)OCC)OCC. The Hall–Kier alpha value is -0.160. The molecule has 0 saturated heterocycles. The molecule has 0 heterocycles. The summed E-state index contributed by atoms with van der Waals surface area (Å²) in [6, 6.07) is 0. The van der Waals surface area contributed by atoms with Gasteiger partial charge >= 0.3 is 0 Å². The molecule has 0 aliphatic carbocycles. The highest BCUT2D eigenvalue weighted by Crippen LogP contribution is 2.12. The number of hydrogen-bond donors (Lipinski definition) is 0. The first-order valence-corrected chi connectivity index (χ1v) is 7.24. The molecule has 0 aromatic rings. The Morgan fingerprint density at radius 3 is 1.06 bits per heavy atom. The Labute approximate surface area is 112 Å². The van der Waals surface area contributed by atoms with Gasteiger partial charge in [-0.25, -0.2) is 0 Å². The van der Waals surface area contributed by atoms with Crippen molar-refractivity contribution in [1.82, 2.24) is 0 Å². The largest absolute Gasteiger partial charge is 0.353 e. The van der Waals surface area contributed by atoms with Crippen molar-refractivity contribution in [1.29, 1.82) is 0 Å². The monoisotopic (exact) mass is 262 g/mol. The van der Waals surface area contributed by atoms with Crippen LogP contribution in [0.5, 0.6) is 0 Å². The minimum Gasteiger partial charge on any atom is -0.353 e. The van der Waals surface area contributed by atoms with E-state index in [2.05, 4.69) is 0 Å². The molecule has 0 bridgehead atoms. The number of unbranched alkanes of at least 4 members (excludes halogenated alkanes) is 1. The van der Waals surface area contributed by atoms with Gasteiger partial charge in [-0.15, -0.1) is 0 Å². The average Bonchev–Trinajstić information content (AvgIpc) is 2.35. The molecule has 0 fully saturated rings. The zero-order valence-corrected chi connectivity index (χ0v) is 12.4. The molecule has 0 aliphatic heterocycles. The van der Waals surface area contributed by atoms with Gasteiger partial charge in [0, 0.05) is 26.4 Å². The van der Waals surface area contributed by atoms with Gasteiger partial charge in [0.15, 0.2) is 12.6 Å². The molecule has 0 unspecified atom stereocenters. The molecule has 0 N–H and O–H groups in total. The molecule has 0 spiro atoms. The third kappa shape index (κ3) is 9.83. The van der Waals surface area contributed by atoms with E-state index >= 15 is 0 Å². The van der Waals surface area contributed by atoms with E-state index in [-0.39, 0.29) is 12.6 Å². The Bertz CT molecular complexity index is 134. The smallest absolute Gasteiger partial charge is 0.157 e. The van der Waals surface area contributed by atoms with Crippen LogP contribution in [0.25, 0.3) is 0 Å². The van der Waals surface area contributed by atoms with Gasteiger partial charge < -0.3 is 18.9 Å². The lowest BCUT2D eigenvalue weighted by atomic mass is 10.2. The second-order valence-corrected chi connectivity index (χ2v) is 3.96. The first-order valence-electron chi connectivity index (χ1n) is 7.24. The zero-order valence-electron chi connectivity index (χ0n) is 12.4. The van der Waals surface area contributed by atoms with Gasteiger partial charge in [0.1, 0.15) is 0 Å². The number of ether oxygens (including phenoxy) is 4. The highest BCUT2D eigenvalue weighted by molar-refractivity contribution is 4.51. The fourth-order valence-electron chi connectivity index (χ4n) is 1.80. The van der Waals surface area contributed by atoms with Crippen LogP contribution in [-0.4, -0.2) is 39.0 Å². The van der Waals surface area contributed by atoms with Crippen molar-refractivity contribution < 1.29 is 18.9 Å². The molecular weight excluding hydrogens is 232 g/mol. The highest BCUT2D eigenvalue weighted by atomic mass is 16.7. The average molecular weight is 262 g/mol. The summed E-state index contributed by atoms with van der Waals surface area (Å²) in [7, 11) is 0. The quantitative estimate of drug-likeness (QED) is 0.377. The molecule has 110 valence electrons. The van der Waals surface area contributed by atoms with E-state index in [0.717, 1.165) is 25.7 Å². The second kappa shape index (κ2) is 13.3. The maximum atomic E-state index is 5.50. The molecule has 0 radical (unpaired) electrons. The zero-order chi connectivity index (χ0) is 13.6. The fraction of sp³-hybridized carbons (Fsp3) is 1.00. The minimum absolute atomic E-state index is 0.0577. The van der Waals surface area contributed by atoms with E-state index in [4.69, 9.17) is 18.9 Å². The molecular formula is C14H30O4. The fourth-order valence-corrected chi connectivity index (χ4v) is 1.80. The number of rotatable bonds is 13. The minimum atomic E-state index is -0.0577. The van der Waals surface area contributed by atoms with Crippen LogP contribution in [0.1, 0.15) is 53.4 Å². The van der Waals surface area contributed by atoms with Gasteiger partial charge in [-0.3, -0.25) is 0 Å². The third-order valence-corrected chi connectivity index (χ3v) is 2.54. The van der Waals surface area contributed by atoms with Crippen molar-refractivity contribution in [3.8, 4) is 0 Å². The predicted molar refractivity (Wildman–Crippen MR) is 72.5 cm³/mol. The Kier molecular flexibility index (Phi) is 13.2. The van der Waals surface area contributed by atoms with Crippen LogP contribution >= 0.6 is 0 Å². The summed E-state index contributed by atoms with van der Waals surface area (Å²) in [5, 5.41) is 0. The maximum Gasteiger partial charge on any atom is 0.157 e. The summed E-state index contributed by atoms with van der Waals surface area (Å²) in [6.45, 7) is 10.8. The van der Waals surface area contributed by atoms with Crippen LogP contribution in [0.3, 0.4) is 0 Å². The van der Waals surface area contributed by atoms with E-state index in [1.165, 1.54) is 0 Å². The van der Waals surface area contributed by atoms with Crippen LogP contribution in [0, 0.1) is 0 Å². The first-order chi connectivity index (χ1) is 8.78. The summed E-state index contributed by atoms with van der Waals surface area (Å²) in [5.74, 6) is 0. The highest BCUT2D eigenvalue weighted by Gasteiger charge is 2.10. The van der Waals surface area contributed by atoms with Gasteiger partial charge in [-0.2, -0.15) is 0 Å². The van der Waals surface area contributed by atoms with E-state index < -0.39 is 0 Å². The van der Waals surface area contributed by atoms with Gasteiger partial charge in [-0.05, 0) is 53.4 Å². The molecule has 0 aromatic heterocycles. The van der Waals surface area contributed by atoms with E-state index in [1.807, 2.05) is 27.7 Å². The Balaban J connectivity index is 3.66. The van der Waals surface area contributed by atoms with E-state index in [1.54, 1.807) is 0 Å². The molecule has 0 aliphatic rings. The van der Waals surface area contributed by atoms with Crippen LogP contribution in [0.2, 0.25) is 0 Å². The Morgan fingerprint density at radius 1 is 0.556 bits per heavy atom. The lowest BCUT2D eigenvalue weighted by Crippen LogP contribution is -2.19. The molecule has 0 rings (SSSR count). The predicted octanol–water partition coefficient (Wildman–Crippen LogP) is 3.35. The van der Waals surface area contributed by atoms with Crippen molar-refractivity contribution >= 4 is 0 Å². The normalized spacial score (nSPS) is 11.7. The molecule has 0 saturated carbocycles. The first kappa shape index (κ1) is 17.8. The van der Waals surface area contributed by atoms with Crippen LogP contribution in [0.4, 0.5) is 0 Å². The van der Waals surface area contributed by atoms with E-state index in [9.17, 15) is 0 Å². The van der Waals surface area contributed by atoms with Crippen LogP contribution in [-0.2, 0) is 18.9 Å². The lowest BCUT2D eigenvalue weighted by molar-refractivity contribution is -0.147. The molecule has 0 atom stereocenters. The standard InChI is InChI=1S/C14H30O4/c1-5-15-13(16-6-2)11-9-10-12-14(17-7-3)18-8-4/h13-14H,5-12H2,1-4H3. The van der Waals surface area contributed by atoms with Crippen LogP contribution < -0.4 is 0 Å². The molecule has 18 heavy (non-hydrogen) atoms. The topological polar surface area (TPSA) is 36.9 Å². The molecule has 4 heteroatoms. The van der Waals surface area contributed by atoms with Crippen molar-refractivity contribution in [2.45, 2.75) is 66.0 Å². The van der Waals surface area contributed by atoms with Gasteiger partial charge in [-0.1, -0.05) is 0 Å². The van der Waals surface area contributed by atoms with Gasteiger partial charge in [0.25, 0.3) is 0 Å². The third-order valence-electron chi connectivity index (χ3n) is 2.54. The lowest BCUT2D eigenvalue weighted by Gasteiger charge is -2.19. The molecule has 0 amide bonds. The van der Waals surface area contributed by atoms with Gasteiger partial charge in [0.2, 0.25) is 0 Å². The maximum absolute atomic E-state index is 5.50. The van der Waals surface area contributed by atoms with E-state index in [0.29, 0.717) is 26.4 Å². The van der Waals surface area contributed by atoms with Crippen molar-refractivity contribution in [2.75, 3.05) is 26.4 Å². The van der Waals surface area contributed by atoms with Crippen molar-refractivity contribution in [3.05, 3.63) is 0 Å². The van der Waals surface area contributed by atoms with Crippen molar-refractivity contribution in [2.24, 2.45) is 0 Å². The number of hydrogen-bond acceptors (Lipinski definition) is 4. The summed E-state index contributed by atoms with van der Waals surface area (Å²) in [6.07, 6.45) is 3.90. The molecule has 0 aromatic carbocycles. The second-order valence-electron chi connectivity index (χ2n) is 3.96. The van der Waals surface area contributed by atoms with Crippen LogP contribution in [0.15, 0.2) is 0 Å². The summed E-state index contributed by atoms with van der Waals surface area (Å²) < 4.78 is 22.0. The summed E-state index contributed by atoms with van der Waals surface area (Å²) >= 11 is 0. The van der Waals surface area contributed by atoms with Gasteiger partial charge in [0.05, 0.1) is 0 Å². The Morgan fingerprint density at radius 2 is 0.833 bits per heavy atom. The summed E-state index contributed by atoms with van der Waals surface area (Å²) in [5.41, 5.74) is 0. The molecule has 4 nitrogen and oxygen atoms in total. The summed E-state index contributed by atoms with van der Waals surface area (Å²) in [4.78, 5) is 0.